The molecule has 1 N–H and O–H groups in total. The maximum absolute atomic E-state index is 12.5. The lowest BCUT2D eigenvalue weighted by atomic mass is 10.1. The molecule has 1 aliphatic rings. The molecule has 1 aromatic carbocycles. The van der Waals surface area contributed by atoms with Crippen LogP contribution in [-0.4, -0.2) is 47.2 Å². The maximum Gasteiger partial charge on any atom is 0.254 e. The van der Waals surface area contributed by atoms with E-state index in [0.717, 1.165) is 14.9 Å². The Morgan fingerprint density at radius 1 is 1.25 bits per heavy atom. The zero-order valence-corrected chi connectivity index (χ0v) is 15.7. The summed E-state index contributed by atoms with van der Waals surface area (Å²) < 4.78 is 0.993. The van der Waals surface area contributed by atoms with E-state index < -0.39 is 17.9 Å². The third-order valence-electron chi connectivity index (χ3n) is 3.70. The Hall–Kier alpha value is -1.60. The highest BCUT2D eigenvalue weighted by molar-refractivity contribution is 9.10. The summed E-state index contributed by atoms with van der Waals surface area (Å²) in [7, 11) is 0. The predicted molar refractivity (Wildman–Crippen MR) is 98.6 cm³/mol. The number of hydrogen-bond donors (Lipinski definition) is 1. The first kappa shape index (κ1) is 18.7. The molecule has 1 aromatic rings. The average molecular weight is 411 g/mol. The van der Waals surface area contributed by atoms with Gasteiger partial charge in [-0.15, -0.1) is 0 Å². The van der Waals surface area contributed by atoms with E-state index in [4.69, 9.17) is 0 Å². The Balaban J connectivity index is 1.96. The van der Waals surface area contributed by atoms with Gasteiger partial charge in [0, 0.05) is 23.2 Å². The Morgan fingerprint density at radius 3 is 2.54 bits per heavy atom. The van der Waals surface area contributed by atoms with Crippen LogP contribution in [0.4, 0.5) is 0 Å². The number of rotatable bonds is 8. The van der Waals surface area contributed by atoms with Crippen LogP contribution >= 0.6 is 27.7 Å². The van der Waals surface area contributed by atoms with Crippen LogP contribution in [0.3, 0.4) is 0 Å². The number of carbonyl (C=O) groups is 3. The lowest BCUT2D eigenvalue weighted by molar-refractivity contribution is -0.145. The third-order valence-corrected chi connectivity index (χ3v) is 5.12. The molecular formula is C17H19BrN2O3S. The Morgan fingerprint density at radius 2 is 1.92 bits per heavy atom. The number of halogens is 1. The molecule has 128 valence electrons. The van der Waals surface area contributed by atoms with E-state index in [0.29, 0.717) is 25.1 Å². The molecule has 0 aliphatic carbocycles. The van der Waals surface area contributed by atoms with Crippen LogP contribution in [0.2, 0.25) is 0 Å². The van der Waals surface area contributed by atoms with Crippen LogP contribution in [-0.2, 0) is 20.8 Å². The SMILES string of the molecule is CSCC[C@@H](C(=O)NCCc1ccccc1Br)N1C(=O)C=CC1=O. The van der Waals surface area contributed by atoms with Crippen molar-refractivity contribution in [2.24, 2.45) is 0 Å². The molecule has 7 heteroatoms. The monoisotopic (exact) mass is 410 g/mol. The molecule has 0 aromatic heterocycles. The van der Waals surface area contributed by atoms with Crippen LogP contribution in [0.1, 0.15) is 12.0 Å². The van der Waals surface area contributed by atoms with Crippen LogP contribution in [0, 0.1) is 0 Å². The van der Waals surface area contributed by atoms with Gasteiger partial charge in [-0.1, -0.05) is 34.1 Å². The predicted octanol–water partition coefficient (Wildman–Crippen LogP) is 2.15. The van der Waals surface area contributed by atoms with Gasteiger partial charge in [-0.25, -0.2) is 0 Å². The number of amides is 3. The topological polar surface area (TPSA) is 66.5 Å². The van der Waals surface area contributed by atoms with Gasteiger partial charge in [0.05, 0.1) is 0 Å². The maximum atomic E-state index is 12.5. The summed E-state index contributed by atoms with van der Waals surface area (Å²) in [5.41, 5.74) is 1.09. The van der Waals surface area contributed by atoms with Crippen LogP contribution in [0.5, 0.6) is 0 Å². The smallest absolute Gasteiger partial charge is 0.254 e. The minimum atomic E-state index is -0.758. The second-order valence-corrected chi connectivity index (χ2v) is 7.15. The van der Waals surface area contributed by atoms with E-state index in [-0.39, 0.29) is 5.91 Å². The molecule has 24 heavy (non-hydrogen) atoms. The highest BCUT2D eigenvalue weighted by Crippen LogP contribution is 2.17. The van der Waals surface area contributed by atoms with Crippen molar-refractivity contribution in [3.05, 3.63) is 46.5 Å². The number of carbonyl (C=O) groups excluding carboxylic acids is 3. The zero-order chi connectivity index (χ0) is 17.5. The Bertz CT molecular complexity index is 645. The first-order chi connectivity index (χ1) is 11.5. The number of nitrogens with one attached hydrogen (secondary N) is 1. The van der Waals surface area contributed by atoms with Crippen molar-refractivity contribution in [1.29, 1.82) is 0 Å². The van der Waals surface area contributed by atoms with Crippen molar-refractivity contribution in [1.82, 2.24) is 10.2 Å². The first-order valence-corrected chi connectivity index (χ1v) is 9.78. The summed E-state index contributed by atoms with van der Waals surface area (Å²) in [6.45, 7) is 0.445. The third kappa shape index (κ3) is 4.70. The second-order valence-electron chi connectivity index (χ2n) is 5.31. The number of nitrogens with zero attached hydrogens (tertiary/aromatic N) is 1. The van der Waals surface area contributed by atoms with Gasteiger partial charge in [-0.05, 0) is 36.5 Å². The van der Waals surface area contributed by atoms with Crippen LogP contribution < -0.4 is 5.32 Å². The molecule has 0 radical (unpaired) electrons. The molecule has 0 spiro atoms. The molecular weight excluding hydrogens is 392 g/mol. The van der Waals surface area contributed by atoms with Crippen LogP contribution in [0.25, 0.3) is 0 Å². The summed E-state index contributed by atoms with van der Waals surface area (Å²) in [4.78, 5) is 37.3. The molecule has 1 atom stereocenters. The molecule has 0 saturated heterocycles. The quantitative estimate of drug-likeness (QED) is 0.666. The highest BCUT2D eigenvalue weighted by atomic mass is 79.9. The summed E-state index contributed by atoms with van der Waals surface area (Å²) in [6.07, 6.45) is 5.46. The van der Waals surface area contributed by atoms with E-state index in [1.807, 2.05) is 30.5 Å². The molecule has 0 saturated carbocycles. The van der Waals surface area contributed by atoms with Gasteiger partial charge in [-0.2, -0.15) is 11.8 Å². The van der Waals surface area contributed by atoms with E-state index in [9.17, 15) is 14.4 Å². The normalized spacial score (nSPS) is 15.0. The number of imide groups is 1. The largest absolute Gasteiger partial charge is 0.354 e. The summed E-state index contributed by atoms with van der Waals surface area (Å²) in [5.74, 6) is -0.444. The van der Waals surface area contributed by atoms with Crippen LogP contribution in [0.15, 0.2) is 40.9 Å². The molecule has 1 heterocycles. The fourth-order valence-corrected chi connectivity index (χ4v) is 3.41. The fraction of sp³-hybridized carbons (Fsp3) is 0.353. The Kier molecular flexibility index (Phi) is 7.05. The summed E-state index contributed by atoms with van der Waals surface area (Å²) in [5, 5.41) is 2.84. The van der Waals surface area contributed by atoms with E-state index in [1.165, 1.54) is 12.2 Å². The van der Waals surface area contributed by atoms with Gasteiger partial charge in [0.15, 0.2) is 0 Å². The van der Waals surface area contributed by atoms with E-state index in [1.54, 1.807) is 11.8 Å². The number of thioether (sulfide) groups is 1. The van der Waals surface area contributed by atoms with Gasteiger partial charge < -0.3 is 5.32 Å². The molecule has 0 fully saturated rings. The standard InChI is InChI=1S/C17H19BrN2O3S/c1-24-11-9-14(20-15(21)6-7-16(20)22)17(23)19-10-8-12-4-2-3-5-13(12)18/h2-7,14H,8-11H2,1H3,(H,19,23)/t14-/m0/s1. The highest BCUT2D eigenvalue weighted by Gasteiger charge is 2.35. The lowest BCUT2D eigenvalue weighted by Crippen LogP contribution is -2.50. The molecule has 1 aliphatic heterocycles. The van der Waals surface area contributed by atoms with Crippen molar-refractivity contribution >= 4 is 45.4 Å². The van der Waals surface area contributed by atoms with Crippen molar-refractivity contribution in [2.45, 2.75) is 18.9 Å². The van der Waals surface area contributed by atoms with Crippen molar-refractivity contribution in [2.75, 3.05) is 18.6 Å². The van der Waals surface area contributed by atoms with Gasteiger partial charge in [0.1, 0.15) is 6.04 Å². The lowest BCUT2D eigenvalue weighted by Gasteiger charge is -2.25. The number of hydrogen-bond acceptors (Lipinski definition) is 4. The zero-order valence-electron chi connectivity index (χ0n) is 13.3. The summed E-state index contributed by atoms with van der Waals surface area (Å²) in [6, 6.07) is 7.05. The molecule has 3 amide bonds. The molecule has 0 bridgehead atoms. The first-order valence-electron chi connectivity index (χ1n) is 7.60. The minimum Gasteiger partial charge on any atom is -0.354 e. The Labute approximate surface area is 154 Å². The van der Waals surface area contributed by atoms with E-state index in [2.05, 4.69) is 21.2 Å². The van der Waals surface area contributed by atoms with Gasteiger partial charge in [-0.3, -0.25) is 19.3 Å². The molecule has 2 rings (SSSR count). The van der Waals surface area contributed by atoms with E-state index >= 15 is 0 Å². The molecule has 0 unspecified atom stereocenters. The molecule has 5 nitrogen and oxygen atoms in total. The van der Waals surface area contributed by atoms with Gasteiger partial charge in [0.25, 0.3) is 11.8 Å². The van der Waals surface area contributed by atoms with Crippen molar-refractivity contribution in [3.8, 4) is 0 Å². The van der Waals surface area contributed by atoms with Gasteiger partial charge >= 0.3 is 0 Å². The minimum absolute atomic E-state index is 0.290. The fourth-order valence-electron chi connectivity index (χ4n) is 2.47. The van der Waals surface area contributed by atoms with Crippen molar-refractivity contribution in [3.63, 3.8) is 0 Å². The average Bonchev–Trinajstić information content (AvgIpc) is 2.89. The number of benzene rings is 1. The van der Waals surface area contributed by atoms with Crippen molar-refractivity contribution < 1.29 is 14.4 Å². The second kappa shape index (κ2) is 9.03. The van der Waals surface area contributed by atoms with Gasteiger partial charge in [0.2, 0.25) is 5.91 Å². The summed E-state index contributed by atoms with van der Waals surface area (Å²) >= 11 is 5.05.